The van der Waals surface area contributed by atoms with E-state index in [9.17, 15) is 0 Å². The zero-order chi connectivity index (χ0) is 11.4. The van der Waals surface area contributed by atoms with Crippen molar-refractivity contribution in [1.82, 2.24) is 0 Å². The van der Waals surface area contributed by atoms with Gasteiger partial charge in [0.25, 0.3) is 0 Å². The zero-order valence-corrected chi connectivity index (χ0v) is 12.4. The summed E-state index contributed by atoms with van der Waals surface area (Å²) in [5.41, 5.74) is 5.39. The molecule has 0 heterocycles. The molecule has 2 aromatic rings. The van der Waals surface area contributed by atoms with Gasteiger partial charge in [-0.15, -0.1) is 0 Å². The predicted octanol–water partition coefficient (Wildman–Crippen LogP) is 4.64. The molecule has 16 heavy (non-hydrogen) atoms. The first-order chi connectivity index (χ1) is 7.86. The van der Waals surface area contributed by atoms with Gasteiger partial charge in [-0.3, -0.25) is 0 Å². The fraction of sp³-hybridized carbons (Fsp3) is 0. The molecule has 0 aromatic heterocycles. The maximum absolute atomic E-state index is 4.93. The average Bonchev–Trinajstić information content (AvgIpc) is 2.68. The van der Waals surface area contributed by atoms with Gasteiger partial charge in [-0.25, -0.2) is 0 Å². The van der Waals surface area contributed by atoms with Crippen LogP contribution >= 0.6 is 17.0 Å². The molecule has 0 bridgehead atoms. The Morgan fingerprint density at radius 2 is 1.06 bits per heavy atom. The van der Waals surface area contributed by atoms with Crippen molar-refractivity contribution in [3.63, 3.8) is 0 Å². The minimum absolute atomic E-state index is 0.826. The van der Waals surface area contributed by atoms with Crippen LogP contribution in [-0.4, -0.2) is 0 Å². The molecule has 0 saturated heterocycles. The Morgan fingerprint density at radius 1 is 0.688 bits per heavy atom. The molecule has 1 aliphatic carbocycles. The maximum atomic E-state index is 4.93. The second-order valence-corrected chi connectivity index (χ2v) is 7.12. The van der Waals surface area contributed by atoms with Crippen molar-refractivity contribution in [2.24, 2.45) is 0 Å². The topological polar surface area (TPSA) is 0 Å². The van der Waals surface area contributed by atoms with Gasteiger partial charge in [-0.1, -0.05) is 48.5 Å². The summed E-state index contributed by atoms with van der Waals surface area (Å²) in [5, 5.41) is 0. The van der Waals surface area contributed by atoms with Gasteiger partial charge < -0.3 is 0 Å². The second-order valence-electron chi connectivity index (χ2n) is 3.39. The minimum atomic E-state index is -0.826. The molecule has 0 spiro atoms. The van der Waals surface area contributed by atoms with E-state index in [1.807, 2.05) is 0 Å². The van der Waals surface area contributed by atoms with E-state index in [2.05, 4.69) is 55.0 Å². The van der Waals surface area contributed by atoms with E-state index < -0.39 is 20.8 Å². The van der Waals surface area contributed by atoms with Crippen LogP contribution in [0.15, 0.2) is 48.5 Å². The van der Waals surface area contributed by atoms with Crippen molar-refractivity contribution in [1.29, 1.82) is 0 Å². The Labute approximate surface area is 114 Å². The molecular weight excluding hydrogens is 318 g/mol. The SMILES string of the molecule is [CH]1c2ccccc2-c2ccccc21.[Cl][Zr][Cl]. The molecule has 3 heteroatoms. The van der Waals surface area contributed by atoms with Crippen LogP contribution in [0, 0.1) is 6.42 Å². The number of halogens is 2. The summed E-state index contributed by atoms with van der Waals surface area (Å²) in [6.07, 6.45) is 2.24. The number of rotatable bonds is 0. The molecule has 0 amide bonds. The third-order valence-electron chi connectivity index (χ3n) is 2.52. The summed E-state index contributed by atoms with van der Waals surface area (Å²) in [6.45, 7) is 0. The molecule has 0 nitrogen and oxygen atoms in total. The van der Waals surface area contributed by atoms with Crippen LogP contribution in [0.5, 0.6) is 0 Å². The third kappa shape index (κ3) is 2.59. The molecule has 0 fully saturated rings. The van der Waals surface area contributed by atoms with Crippen molar-refractivity contribution in [3.8, 4) is 11.1 Å². The van der Waals surface area contributed by atoms with Crippen LogP contribution in [0.4, 0.5) is 0 Å². The van der Waals surface area contributed by atoms with E-state index in [4.69, 9.17) is 17.0 Å². The number of benzene rings is 2. The first-order valence-corrected chi connectivity index (χ1v) is 11.2. The molecule has 0 N–H and O–H groups in total. The van der Waals surface area contributed by atoms with E-state index in [-0.39, 0.29) is 0 Å². The van der Waals surface area contributed by atoms with Crippen molar-refractivity contribution >= 4 is 17.0 Å². The van der Waals surface area contributed by atoms with Gasteiger partial charge in [0.05, 0.1) is 0 Å². The van der Waals surface area contributed by atoms with Crippen LogP contribution in [0.3, 0.4) is 0 Å². The Morgan fingerprint density at radius 3 is 1.50 bits per heavy atom. The molecule has 1 aliphatic rings. The van der Waals surface area contributed by atoms with Crippen molar-refractivity contribution in [3.05, 3.63) is 66.1 Å². The summed E-state index contributed by atoms with van der Waals surface area (Å²) in [7, 11) is 9.87. The molecule has 2 aromatic carbocycles. The van der Waals surface area contributed by atoms with Gasteiger partial charge in [-0.05, 0) is 22.3 Å². The summed E-state index contributed by atoms with van der Waals surface area (Å²) in [6, 6.07) is 17.0. The average molecular weight is 327 g/mol. The van der Waals surface area contributed by atoms with Gasteiger partial charge in [0.2, 0.25) is 0 Å². The van der Waals surface area contributed by atoms with Crippen LogP contribution in [0.25, 0.3) is 11.1 Å². The molecule has 3 rings (SSSR count). The summed E-state index contributed by atoms with van der Waals surface area (Å²) in [5.74, 6) is 0. The fourth-order valence-corrected chi connectivity index (χ4v) is 1.90. The van der Waals surface area contributed by atoms with E-state index in [0.717, 1.165) is 0 Å². The van der Waals surface area contributed by atoms with Crippen molar-refractivity contribution < 1.29 is 20.8 Å². The van der Waals surface area contributed by atoms with Gasteiger partial charge in [0.15, 0.2) is 0 Å². The predicted molar refractivity (Wildman–Crippen MR) is 66.1 cm³/mol. The van der Waals surface area contributed by atoms with E-state index in [1.54, 1.807) is 0 Å². The first-order valence-electron chi connectivity index (χ1n) is 4.86. The van der Waals surface area contributed by atoms with E-state index in [0.29, 0.717) is 0 Å². The molecule has 0 aliphatic heterocycles. The second kappa shape index (κ2) is 6.00. The van der Waals surface area contributed by atoms with Crippen molar-refractivity contribution in [2.75, 3.05) is 0 Å². The van der Waals surface area contributed by atoms with E-state index >= 15 is 0 Å². The molecule has 0 saturated carbocycles. The Kier molecular flexibility index (Phi) is 4.64. The standard InChI is InChI=1S/C13H9.2ClH.Zr/c1-3-7-12-10(5-1)9-11-6-2-4-8-13(11)12;;;/h1-9H;2*1H;/q;;;+2/p-2. The Bertz CT molecular complexity index is 439. The quantitative estimate of drug-likeness (QED) is 0.564. The van der Waals surface area contributed by atoms with Gasteiger partial charge in [0, 0.05) is 6.42 Å². The summed E-state index contributed by atoms with van der Waals surface area (Å²) < 4.78 is 0. The van der Waals surface area contributed by atoms with Crippen LogP contribution in [0.1, 0.15) is 11.1 Å². The number of hydrogen-bond acceptors (Lipinski definition) is 0. The third-order valence-corrected chi connectivity index (χ3v) is 2.52. The van der Waals surface area contributed by atoms with Crippen LogP contribution < -0.4 is 0 Å². The molecule has 0 unspecified atom stereocenters. The Balaban J connectivity index is 0.000000292. The van der Waals surface area contributed by atoms with E-state index in [1.165, 1.54) is 22.3 Å². The van der Waals surface area contributed by atoms with Gasteiger partial charge in [-0.2, -0.15) is 0 Å². The molecule has 79 valence electrons. The molecular formula is C13H9Cl2Zr. The van der Waals surface area contributed by atoms with Crippen LogP contribution in [-0.2, 0) is 20.8 Å². The summed E-state index contributed by atoms with van der Waals surface area (Å²) >= 11 is -0.826. The Hall–Kier alpha value is -0.0969. The zero-order valence-electron chi connectivity index (χ0n) is 8.45. The molecule has 1 radical (unpaired) electrons. The number of fused-ring (bicyclic) bond motifs is 3. The van der Waals surface area contributed by atoms with Crippen molar-refractivity contribution in [2.45, 2.75) is 0 Å². The summed E-state index contributed by atoms with van der Waals surface area (Å²) in [4.78, 5) is 0. The first kappa shape index (κ1) is 12.4. The van der Waals surface area contributed by atoms with Gasteiger partial charge in [0.1, 0.15) is 0 Å². The normalized spacial score (nSPS) is 10.9. The van der Waals surface area contributed by atoms with Gasteiger partial charge >= 0.3 is 37.9 Å². The monoisotopic (exact) mass is 325 g/mol. The number of hydrogen-bond donors (Lipinski definition) is 0. The van der Waals surface area contributed by atoms with Crippen LogP contribution in [0.2, 0.25) is 0 Å². The molecule has 0 atom stereocenters. The fourth-order valence-electron chi connectivity index (χ4n) is 1.90.